The predicted molar refractivity (Wildman–Crippen MR) is 86.7 cm³/mol. The first-order valence-corrected chi connectivity index (χ1v) is 8.40. The summed E-state index contributed by atoms with van der Waals surface area (Å²) >= 11 is 0. The molecule has 2 saturated heterocycles. The molecule has 3 rings (SSSR count). The summed E-state index contributed by atoms with van der Waals surface area (Å²) in [6.45, 7) is 5.96. The summed E-state index contributed by atoms with van der Waals surface area (Å²) in [4.78, 5) is 2.64. The normalized spacial score (nSPS) is 28.5. The molecule has 1 N–H and O–H groups in total. The van der Waals surface area contributed by atoms with E-state index in [1.54, 1.807) is 7.11 Å². The van der Waals surface area contributed by atoms with E-state index in [-0.39, 0.29) is 0 Å². The standard InChI is InChI=1S/C18H28N2O/c1-14(16-8-3-4-10-18(16)21-2)20-12-6-7-15(13-20)17-9-5-11-19-17/h3-4,8,10,14-15,17,19H,5-7,9,11-13H2,1-2H3. The number of para-hydroxylation sites is 1. The summed E-state index contributed by atoms with van der Waals surface area (Å²) in [6.07, 6.45) is 5.42. The minimum Gasteiger partial charge on any atom is -0.496 e. The van der Waals surface area contributed by atoms with Crippen LogP contribution in [0.25, 0.3) is 0 Å². The van der Waals surface area contributed by atoms with Crippen LogP contribution < -0.4 is 10.1 Å². The van der Waals surface area contributed by atoms with Crippen molar-refractivity contribution in [2.75, 3.05) is 26.7 Å². The van der Waals surface area contributed by atoms with E-state index in [9.17, 15) is 0 Å². The van der Waals surface area contributed by atoms with Crippen molar-refractivity contribution in [2.45, 2.75) is 44.7 Å². The van der Waals surface area contributed by atoms with E-state index in [1.165, 1.54) is 50.9 Å². The number of nitrogens with zero attached hydrogens (tertiary/aromatic N) is 1. The molecule has 1 aromatic carbocycles. The molecule has 2 heterocycles. The van der Waals surface area contributed by atoms with Crippen LogP contribution in [0.15, 0.2) is 24.3 Å². The first-order chi connectivity index (χ1) is 10.3. The summed E-state index contributed by atoms with van der Waals surface area (Å²) in [6, 6.07) is 9.64. The second-order valence-corrected chi connectivity index (χ2v) is 6.52. The van der Waals surface area contributed by atoms with Crippen molar-refractivity contribution in [1.29, 1.82) is 0 Å². The molecule has 2 aliphatic rings. The fourth-order valence-corrected chi connectivity index (χ4v) is 4.04. The Morgan fingerprint density at radius 1 is 1.24 bits per heavy atom. The van der Waals surface area contributed by atoms with Crippen LogP contribution in [0.4, 0.5) is 0 Å². The number of piperidine rings is 1. The second kappa shape index (κ2) is 6.80. The number of nitrogens with one attached hydrogen (secondary N) is 1. The predicted octanol–water partition coefficient (Wildman–Crippen LogP) is 3.22. The molecule has 2 fully saturated rings. The van der Waals surface area contributed by atoms with E-state index >= 15 is 0 Å². The van der Waals surface area contributed by atoms with Gasteiger partial charge < -0.3 is 10.1 Å². The summed E-state index contributed by atoms with van der Waals surface area (Å²) in [5, 5.41) is 3.70. The molecule has 3 heteroatoms. The van der Waals surface area contributed by atoms with Crippen molar-refractivity contribution >= 4 is 0 Å². The van der Waals surface area contributed by atoms with E-state index in [2.05, 4.69) is 41.4 Å². The van der Waals surface area contributed by atoms with E-state index < -0.39 is 0 Å². The summed E-state index contributed by atoms with van der Waals surface area (Å²) in [5.74, 6) is 1.84. The van der Waals surface area contributed by atoms with Crippen LogP contribution in [0.3, 0.4) is 0 Å². The molecule has 3 nitrogen and oxygen atoms in total. The van der Waals surface area contributed by atoms with Gasteiger partial charge in [0, 0.05) is 24.2 Å². The Morgan fingerprint density at radius 2 is 2.10 bits per heavy atom. The Morgan fingerprint density at radius 3 is 2.86 bits per heavy atom. The van der Waals surface area contributed by atoms with Gasteiger partial charge in [0.05, 0.1) is 7.11 Å². The van der Waals surface area contributed by atoms with Gasteiger partial charge >= 0.3 is 0 Å². The molecule has 0 saturated carbocycles. The molecular weight excluding hydrogens is 260 g/mol. The largest absolute Gasteiger partial charge is 0.496 e. The van der Waals surface area contributed by atoms with Crippen LogP contribution in [0.1, 0.15) is 44.2 Å². The lowest BCUT2D eigenvalue weighted by Crippen LogP contribution is -2.44. The van der Waals surface area contributed by atoms with Crippen molar-refractivity contribution in [3.63, 3.8) is 0 Å². The Labute approximate surface area is 128 Å². The Kier molecular flexibility index (Phi) is 4.81. The van der Waals surface area contributed by atoms with Crippen molar-refractivity contribution in [1.82, 2.24) is 10.2 Å². The third-order valence-corrected chi connectivity index (χ3v) is 5.29. The van der Waals surface area contributed by atoms with Gasteiger partial charge in [0.15, 0.2) is 0 Å². The van der Waals surface area contributed by atoms with E-state index in [0.717, 1.165) is 17.7 Å². The highest BCUT2D eigenvalue weighted by molar-refractivity contribution is 5.35. The zero-order valence-electron chi connectivity index (χ0n) is 13.3. The van der Waals surface area contributed by atoms with Crippen LogP contribution in [-0.2, 0) is 0 Å². The first kappa shape index (κ1) is 14.9. The average molecular weight is 288 g/mol. The van der Waals surface area contributed by atoms with Crippen LogP contribution in [-0.4, -0.2) is 37.7 Å². The third-order valence-electron chi connectivity index (χ3n) is 5.29. The minimum absolute atomic E-state index is 0.436. The molecule has 21 heavy (non-hydrogen) atoms. The maximum atomic E-state index is 5.54. The van der Waals surface area contributed by atoms with Crippen LogP contribution >= 0.6 is 0 Å². The van der Waals surface area contributed by atoms with Gasteiger partial charge in [-0.1, -0.05) is 18.2 Å². The molecule has 3 unspecified atom stereocenters. The molecule has 2 aliphatic heterocycles. The lowest BCUT2D eigenvalue weighted by atomic mass is 9.88. The van der Waals surface area contributed by atoms with Crippen molar-refractivity contribution in [3.05, 3.63) is 29.8 Å². The Bertz CT molecular complexity index is 456. The molecule has 3 atom stereocenters. The monoisotopic (exact) mass is 288 g/mol. The highest BCUT2D eigenvalue weighted by Crippen LogP contribution is 2.33. The minimum atomic E-state index is 0.436. The molecule has 0 aliphatic carbocycles. The van der Waals surface area contributed by atoms with E-state index in [4.69, 9.17) is 4.74 Å². The molecule has 116 valence electrons. The van der Waals surface area contributed by atoms with Gasteiger partial charge in [0.2, 0.25) is 0 Å². The number of hydrogen-bond donors (Lipinski definition) is 1. The maximum Gasteiger partial charge on any atom is 0.123 e. The first-order valence-electron chi connectivity index (χ1n) is 8.40. The number of rotatable bonds is 4. The average Bonchev–Trinajstić information content (AvgIpc) is 3.09. The molecule has 0 bridgehead atoms. The van der Waals surface area contributed by atoms with Gasteiger partial charge in [-0.3, -0.25) is 4.90 Å². The van der Waals surface area contributed by atoms with Crippen LogP contribution in [0.5, 0.6) is 5.75 Å². The van der Waals surface area contributed by atoms with Crippen LogP contribution in [0.2, 0.25) is 0 Å². The molecule has 0 radical (unpaired) electrons. The summed E-state index contributed by atoms with van der Waals surface area (Å²) < 4.78 is 5.54. The SMILES string of the molecule is COc1ccccc1C(C)N1CCCC(C2CCCN2)C1. The maximum absolute atomic E-state index is 5.54. The second-order valence-electron chi connectivity index (χ2n) is 6.52. The fraction of sp³-hybridized carbons (Fsp3) is 0.667. The number of hydrogen-bond acceptors (Lipinski definition) is 3. The highest BCUT2D eigenvalue weighted by Gasteiger charge is 2.31. The van der Waals surface area contributed by atoms with Gasteiger partial charge in [0.25, 0.3) is 0 Å². The lowest BCUT2D eigenvalue weighted by Gasteiger charge is -2.39. The molecule has 1 aromatic rings. The Hall–Kier alpha value is -1.06. The van der Waals surface area contributed by atoms with Gasteiger partial charge in [-0.05, 0) is 57.7 Å². The van der Waals surface area contributed by atoms with Crippen molar-refractivity contribution in [3.8, 4) is 5.75 Å². The number of likely N-dealkylation sites (tertiary alicyclic amines) is 1. The lowest BCUT2D eigenvalue weighted by molar-refractivity contribution is 0.113. The number of benzene rings is 1. The Balaban J connectivity index is 1.70. The van der Waals surface area contributed by atoms with Crippen molar-refractivity contribution < 1.29 is 4.74 Å². The van der Waals surface area contributed by atoms with Gasteiger partial charge in [-0.25, -0.2) is 0 Å². The van der Waals surface area contributed by atoms with Crippen molar-refractivity contribution in [2.24, 2.45) is 5.92 Å². The summed E-state index contributed by atoms with van der Waals surface area (Å²) in [5.41, 5.74) is 1.32. The molecule has 0 amide bonds. The zero-order valence-corrected chi connectivity index (χ0v) is 13.3. The highest BCUT2D eigenvalue weighted by atomic mass is 16.5. The number of ether oxygens (including phenoxy) is 1. The zero-order chi connectivity index (χ0) is 14.7. The molecule has 0 aromatic heterocycles. The summed E-state index contributed by atoms with van der Waals surface area (Å²) in [7, 11) is 1.77. The van der Waals surface area contributed by atoms with Gasteiger partial charge in [-0.15, -0.1) is 0 Å². The van der Waals surface area contributed by atoms with E-state index in [1.807, 2.05) is 0 Å². The topological polar surface area (TPSA) is 24.5 Å². The number of methoxy groups -OCH3 is 1. The van der Waals surface area contributed by atoms with Gasteiger partial charge in [0.1, 0.15) is 5.75 Å². The van der Waals surface area contributed by atoms with Gasteiger partial charge in [-0.2, -0.15) is 0 Å². The fourth-order valence-electron chi connectivity index (χ4n) is 4.04. The van der Waals surface area contributed by atoms with Crippen LogP contribution in [0, 0.1) is 5.92 Å². The van der Waals surface area contributed by atoms with E-state index in [0.29, 0.717) is 6.04 Å². The smallest absolute Gasteiger partial charge is 0.123 e. The quantitative estimate of drug-likeness (QED) is 0.920. The molecular formula is C18H28N2O. The third kappa shape index (κ3) is 3.24. The molecule has 0 spiro atoms.